The number of hydrogen-bond donors (Lipinski definition) is 1. The molecule has 0 aliphatic carbocycles. The van der Waals surface area contributed by atoms with E-state index >= 15 is 0 Å². The van der Waals surface area contributed by atoms with Gasteiger partial charge in [-0.3, -0.25) is 0 Å². The van der Waals surface area contributed by atoms with Crippen LogP contribution in [0, 0.1) is 11.3 Å². The standard InChI is InChI=1S/C11H24N2/c1-10(2)8-11(9-12)4-6-13(3)7-5-11/h10H,4-9,12H2,1-3H3. The van der Waals surface area contributed by atoms with Gasteiger partial charge in [0, 0.05) is 0 Å². The highest BCUT2D eigenvalue weighted by Gasteiger charge is 2.32. The quantitative estimate of drug-likeness (QED) is 0.723. The number of nitrogens with two attached hydrogens (primary N) is 1. The fourth-order valence-electron chi connectivity index (χ4n) is 2.45. The summed E-state index contributed by atoms with van der Waals surface area (Å²) in [6.07, 6.45) is 3.88. The van der Waals surface area contributed by atoms with Crippen LogP contribution >= 0.6 is 0 Å². The second kappa shape index (κ2) is 4.43. The average Bonchev–Trinajstić information content (AvgIpc) is 2.09. The molecule has 0 amide bonds. The number of hydrogen-bond acceptors (Lipinski definition) is 2. The molecule has 0 aromatic carbocycles. The monoisotopic (exact) mass is 184 g/mol. The Hall–Kier alpha value is -0.0800. The lowest BCUT2D eigenvalue weighted by atomic mass is 9.73. The molecule has 0 aromatic rings. The van der Waals surface area contributed by atoms with Gasteiger partial charge in [0.2, 0.25) is 0 Å². The first-order chi connectivity index (χ1) is 6.08. The van der Waals surface area contributed by atoms with E-state index in [4.69, 9.17) is 5.73 Å². The Kier molecular flexibility index (Phi) is 3.74. The Morgan fingerprint density at radius 3 is 2.23 bits per heavy atom. The molecule has 1 heterocycles. The molecule has 13 heavy (non-hydrogen) atoms. The third-order valence-corrected chi connectivity index (χ3v) is 3.32. The molecule has 1 aliphatic rings. The summed E-state index contributed by atoms with van der Waals surface area (Å²) in [7, 11) is 2.20. The first kappa shape index (κ1) is 11.0. The molecule has 1 rings (SSSR count). The van der Waals surface area contributed by atoms with E-state index in [1.165, 1.54) is 32.4 Å². The minimum absolute atomic E-state index is 0.459. The third-order valence-electron chi connectivity index (χ3n) is 3.32. The summed E-state index contributed by atoms with van der Waals surface area (Å²) < 4.78 is 0. The van der Waals surface area contributed by atoms with Crippen LogP contribution < -0.4 is 5.73 Å². The van der Waals surface area contributed by atoms with E-state index in [2.05, 4.69) is 25.8 Å². The maximum absolute atomic E-state index is 5.91. The largest absolute Gasteiger partial charge is 0.330 e. The zero-order chi connectivity index (χ0) is 9.90. The van der Waals surface area contributed by atoms with Gasteiger partial charge in [0.15, 0.2) is 0 Å². The van der Waals surface area contributed by atoms with Gasteiger partial charge in [-0.15, -0.1) is 0 Å². The minimum Gasteiger partial charge on any atom is -0.330 e. The van der Waals surface area contributed by atoms with Crippen LogP contribution in [0.1, 0.15) is 33.1 Å². The van der Waals surface area contributed by atoms with Gasteiger partial charge in [0.1, 0.15) is 0 Å². The summed E-state index contributed by atoms with van der Waals surface area (Å²) >= 11 is 0. The average molecular weight is 184 g/mol. The molecule has 0 radical (unpaired) electrons. The summed E-state index contributed by atoms with van der Waals surface area (Å²) in [6, 6.07) is 0. The van der Waals surface area contributed by atoms with Crippen LogP contribution in [-0.2, 0) is 0 Å². The maximum atomic E-state index is 5.91. The predicted octanol–water partition coefficient (Wildman–Crippen LogP) is 1.70. The smallest absolute Gasteiger partial charge is 0.00160 e. The molecule has 0 bridgehead atoms. The van der Waals surface area contributed by atoms with E-state index < -0.39 is 0 Å². The van der Waals surface area contributed by atoms with Crippen molar-refractivity contribution in [2.75, 3.05) is 26.7 Å². The highest BCUT2D eigenvalue weighted by atomic mass is 15.1. The van der Waals surface area contributed by atoms with Crippen LogP contribution in [0.2, 0.25) is 0 Å². The molecule has 2 heteroatoms. The fourth-order valence-corrected chi connectivity index (χ4v) is 2.45. The summed E-state index contributed by atoms with van der Waals surface area (Å²) in [4.78, 5) is 2.41. The van der Waals surface area contributed by atoms with Crippen LogP contribution in [0.3, 0.4) is 0 Å². The minimum atomic E-state index is 0.459. The molecule has 0 unspecified atom stereocenters. The van der Waals surface area contributed by atoms with Crippen molar-refractivity contribution in [2.24, 2.45) is 17.1 Å². The molecule has 0 atom stereocenters. The number of rotatable bonds is 3. The number of likely N-dealkylation sites (tertiary alicyclic amines) is 1. The topological polar surface area (TPSA) is 29.3 Å². The van der Waals surface area contributed by atoms with E-state index in [1.807, 2.05) is 0 Å². The van der Waals surface area contributed by atoms with Crippen molar-refractivity contribution in [3.8, 4) is 0 Å². The molecular formula is C11H24N2. The van der Waals surface area contributed by atoms with Crippen LogP contribution in [0.5, 0.6) is 0 Å². The molecule has 78 valence electrons. The lowest BCUT2D eigenvalue weighted by molar-refractivity contribution is 0.106. The van der Waals surface area contributed by atoms with E-state index in [-0.39, 0.29) is 0 Å². The molecular weight excluding hydrogens is 160 g/mol. The molecule has 1 saturated heterocycles. The Morgan fingerprint density at radius 1 is 1.31 bits per heavy atom. The van der Waals surface area contributed by atoms with Crippen LogP contribution in [0.15, 0.2) is 0 Å². The van der Waals surface area contributed by atoms with Crippen molar-refractivity contribution >= 4 is 0 Å². The van der Waals surface area contributed by atoms with Crippen molar-refractivity contribution in [3.63, 3.8) is 0 Å². The lowest BCUT2D eigenvalue weighted by Crippen LogP contribution is -2.43. The van der Waals surface area contributed by atoms with Crippen LogP contribution in [0.4, 0.5) is 0 Å². The van der Waals surface area contributed by atoms with Gasteiger partial charge < -0.3 is 10.6 Å². The van der Waals surface area contributed by atoms with E-state index in [1.54, 1.807) is 0 Å². The van der Waals surface area contributed by atoms with E-state index in [0.29, 0.717) is 5.41 Å². The maximum Gasteiger partial charge on any atom is -0.00160 e. The van der Waals surface area contributed by atoms with Crippen molar-refractivity contribution in [3.05, 3.63) is 0 Å². The van der Waals surface area contributed by atoms with Crippen molar-refractivity contribution in [2.45, 2.75) is 33.1 Å². The Labute approximate surface area is 82.5 Å². The molecule has 0 spiro atoms. The fraction of sp³-hybridized carbons (Fsp3) is 1.00. The normalized spacial score (nSPS) is 23.8. The highest BCUT2D eigenvalue weighted by Crippen LogP contribution is 2.36. The second-order valence-corrected chi connectivity index (χ2v) is 5.11. The first-order valence-electron chi connectivity index (χ1n) is 5.47. The predicted molar refractivity (Wildman–Crippen MR) is 57.7 cm³/mol. The molecule has 2 nitrogen and oxygen atoms in total. The van der Waals surface area contributed by atoms with E-state index in [0.717, 1.165) is 12.5 Å². The first-order valence-corrected chi connectivity index (χ1v) is 5.47. The van der Waals surface area contributed by atoms with Crippen molar-refractivity contribution < 1.29 is 0 Å². The third kappa shape index (κ3) is 2.96. The van der Waals surface area contributed by atoms with Gasteiger partial charge in [-0.1, -0.05) is 13.8 Å². The van der Waals surface area contributed by atoms with Gasteiger partial charge in [-0.25, -0.2) is 0 Å². The van der Waals surface area contributed by atoms with Gasteiger partial charge in [-0.05, 0) is 57.3 Å². The summed E-state index contributed by atoms with van der Waals surface area (Å²) in [5, 5.41) is 0. The second-order valence-electron chi connectivity index (χ2n) is 5.11. The number of piperidine rings is 1. The van der Waals surface area contributed by atoms with Gasteiger partial charge in [-0.2, -0.15) is 0 Å². The SMILES string of the molecule is CC(C)CC1(CN)CCN(C)CC1. The summed E-state index contributed by atoms with van der Waals surface area (Å²) in [5.74, 6) is 0.784. The molecule has 1 aliphatic heterocycles. The van der Waals surface area contributed by atoms with Gasteiger partial charge in [0.25, 0.3) is 0 Å². The van der Waals surface area contributed by atoms with Crippen LogP contribution in [-0.4, -0.2) is 31.6 Å². The molecule has 0 saturated carbocycles. The summed E-state index contributed by atoms with van der Waals surface area (Å²) in [6.45, 7) is 7.93. The van der Waals surface area contributed by atoms with E-state index in [9.17, 15) is 0 Å². The Balaban J connectivity index is 2.50. The summed E-state index contributed by atoms with van der Waals surface area (Å²) in [5.41, 5.74) is 6.37. The Morgan fingerprint density at radius 2 is 1.85 bits per heavy atom. The van der Waals surface area contributed by atoms with Crippen LogP contribution in [0.25, 0.3) is 0 Å². The molecule has 2 N–H and O–H groups in total. The van der Waals surface area contributed by atoms with Crippen molar-refractivity contribution in [1.29, 1.82) is 0 Å². The molecule has 0 aromatic heterocycles. The highest BCUT2D eigenvalue weighted by molar-refractivity contribution is 4.86. The zero-order valence-corrected chi connectivity index (χ0v) is 9.34. The van der Waals surface area contributed by atoms with Gasteiger partial charge in [0.05, 0.1) is 0 Å². The zero-order valence-electron chi connectivity index (χ0n) is 9.34. The van der Waals surface area contributed by atoms with Crippen molar-refractivity contribution in [1.82, 2.24) is 4.90 Å². The lowest BCUT2D eigenvalue weighted by Gasteiger charge is -2.41. The van der Waals surface area contributed by atoms with Gasteiger partial charge >= 0.3 is 0 Å². The number of nitrogens with zero attached hydrogens (tertiary/aromatic N) is 1. The Bertz CT molecular complexity index is 146. The molecule has 1 fully saturated rings.